The van der Waals surface area contributed by atoms with Crippen molar-refractivity contribution in [2.45, 2.75) is 18.9 Å². The Hall–Kier alpha value is -2.54. The van der Waals surface area contributed by atoms with Crippen molar-refractivity contribution in [1.29, 1.82) is 0 Å². The van der Waals surface area contributed by atoms with E-state index in [2.05, 4.69) is 27.0 Å². The lowest BCUT2D eigenvalue weighted by atomic mass is 10.1. The Morgan fingerprint density at radius 3 is 2.78 bits per heavy atom. The number of nitrogens with zero attached hydrogens (tertiary/aromatic N) is 5. The van der Waals surface area contributed by atoms with Crippen LogP contribution in [0.2, 0.25) is 0 Å². The van der Waals surface area contributed by atoms with Gasteiger partial charge in [-0.25, -0.2) is 4.68 Å². The second-order valence-corrected chi connectivity index (χ2v) is 6.45. The number of carbonyl (C=O) groups excluding carboxylic acids is 1. The number of likely N-dealkylation sites (tertiary alicyclic amines) is 1. The first-order chi connectivity index (χ1) is 11.3. The van der Waals surface area contributed by atoms with E-state index in [1.807, 2.05) is 35.2 Å². The van der Waals surface area contributed by atoms with E-state index >= 15 is 0 Å². The Labute approximate surface area is 137 Å². The minimum absolute atomic E-state index is 0.0872. The average Bonchev–Trinajstić information content (AvgIpc) is 3.35. The number of tetrazole rings is 1. The molecule has 0 saturated carbocycles. The van der Waals surface area contributed by atoms with Crippen molar-refractivity contribution in [1.82, 2.24) is 25.1 Å². The van der Waals surface area contributed by atoms with Gasteiger partial charge in [0.25, 0.3) is 5.91 Å². The number of aromatic nitrogens is 4. The molecule has 116 valence electrons. The molecular weight excluding hydrogens is 310 g/mol. The van der Waals surface area contributed by atoms with E-state index in [1.165, 1.54) is 11.2 Å². The van der Waals surface area contributed by atoms with Crippen molar-refractivity contribution < 1.29 is 4.79 Å². The van der Waals surface area contributed by atoms with Crippen molar-refractivity contribution in [3.05, 3.63) is 58.5 Å². The Kier molecular flexibility index (Phi) is 3.63. The first kappa shape index (κ1) is 14.1. The smallest absolute Gasteiger partial charge is 0.254 e. The molecule has 1 amide bonds. The molecule has 4 rings (SSSR count). The molecule has 3 aromatic rings. The number of rotatable bonds is 3. The van der Waals surface area contributed by atoms with Gasteiger partial charge in [0.05, 0.1) is 11.7 Å². The van der Waals surface area contributed by atoms with Gasteiger partial charge >= 0.3 is 0 Å². The van der Waals surface area contributed by atoms with Crippen LogP contribution in [0.5, 0.6) is 0 Å². The zero-order valence-electron chi connectivity index (χ0n) is 12.4. The summed E-state index contributed by atoms with van der Waals surface area (Å²) in [5, 5.41) is 13.1. The number of hydrogen-bond acceptors (Lipinski definition) is 5. The van der Waals surface area contributed by atoms with Gasteiger partial charge in [-0.2, -0.15) is 0 Å². The highest BCUT2D eigenvalue weighted by molar-refractivity contribution is 7.10. The van der Waals surface area contributed by atoms with Crippen LogP contribution in [0.25, 0.3) is 5.69 Å². The highest BCUT2D eigenvalue weighted by Crippen LogP contribution is 2.35. The number of amides is 1. The van der Waals surface area contributed by atoms with Crippen LogP contribution in [0.1, 0.15) is 34.1 Å². The molecule has 6 nitrogen and oxygen atoms in total. The Morgan fingerprint density at radius 2 is 2.09 bits per heavy atom. The van der Waals surface area contributed by atoms with E-state index in [0.717, 1.165) is 25.1 Å². The molecule has 0 unspecified atom stereocenters. The molecule has 0 N–H and O–H groups in total. The van der Waals surface area contributed by atoms with E-state index in [-0.39, 0.29) is 11.9 Å². The number of benzene rings is 1. The third kappa shape index (κ3) is 2.63. The molecule has 0 spiro atoms. The first-order valence-corrected chi connectivity index (χ1v) is 8.39. The predicted molar refractivity (Wildman–Crippen MR) is 86.5 cm³/mol. The van der Waals surface area contributed by atoms with Crippen LogP contribution < -0.4 is 0 Å². The molecule has 1 saturated heterocycles. The molecule has 7 heteroatoms. The van der Waals surface area contributed by atoms with Crippen LogP contribution in [0.15, 0.2) is 48.1 Å². The minimum atomic E-state index is 0.0872. The van der Waals surface area contributed by atoms with E-state index in [0.29, 0.717) is 5.56 Å². The van der Waals surface area contributed by atoms with Gasteiger partial charge in [-0.3, -0.25) is 4.79 Å². The largest absolute Gasteiger partial charge is 0.331 e. The Morgan fingerprint density at radius 1 is 1.22 bits per heavy atom. The summed E-state index contributed by atoms with van der Waals surface area (Å²) in [6.07, 6.45) is 3.62. The lowest BCUT2D eigenvalue weighted by Gasteiger charge is -2.24. The zero-order chi connectivity index (χ0) is 15.6. The SMILES string of the molecule is O=C(c1ccc(-n2cnnn2)cc1)N1CCC[C@@H]1c1cccs1. The standard InChI is InChI=1S/C16H15N5OS/c22-16(20-9-1-3-14(20)15-4-2-10-23-15)12-5-7-13(8-6-12)21-11-17-18-19-21/h2,4-8,10-11,14H,1,3,9H2/t14-/m1/s1. The zero-order valence-corrected chi connectivity index (χ0v) is 13.2. The molecule has 3 heterocycles. The summed E-state index contributed by atoms with van der Waals surface area (Å²) >= 11 is 1.72. The van der Waals surface area contributed by atoms with Gasteiger partial charge in [-0.15, -0.1) is 16.4 Å². The van der Waals surface area contributed by atoms with Crippen molar-refractivity contribution in [3.63, 3.8) is 0 Å². The predicted octanol–water partition coefficient (Wildman–Crippen LogP) is 2.70. The van der Waals surface area contributed by atoms with Crippen LogP contribution in [-0.4, -0.2) is 37.6 Å². The molecule has 1 atom stereocenters. The summed E-state index contributed by atoms with van der Waals surface area (Å²) in [5.41, 5.74) is 1.54. The molecular formula is C16H15N5OS. The number of carbonyl (C=O) groups is 1. The summed E-state index contributed by atoms with van der Waals surface area (Å²) in [6.45, 7) is 0.816. The van der Waals surface area contributed by atoms with Crippen molar-refractivity contribution in [3.8, 4) is 5.69 Å². The van der Waals surface area contributed by atoms with Crippen LogP contribution >= 0.6 is 11.3 Å². The molecule has 1 aliphatic rings. The fraction of sp³-hybridized carbons (Fsp3) is 0.250. The third-order valence-corrected chi connectivity index (χ3v) is 5.09. The van der Waals surface area contributed by atoms with Crippen molar-refractivity contribution in [2.24, 2.45) is 0 Å². The van der Waals surface area contributed by atoms with Gasteiger partial charge in [0.1, 0.15) is 6.33 Å². The van der Waals surface area contributed by atoms with Gasteiger partial charge < -0.3 is 4.90 Å². The highest BCUT2D eigenvalue weighted by Gasteiger charge is 2.31. The van der Waals surface area contributed by atoms with Gasteiger partial charge in [0.15, 0.2) is 0 Å². The highest BCUT2D eigenvalue weighted by atomic mass is 32.1. The van der Waals surface area contributed by atoms with Gasteiger partial charge in [0, 0.05) is 17.0 Å². The maximum absolute atomic E-state index is 12.8. The van der Waals surface area contributed by atoms with E-state index in [9.17, 15) is 4.79 Å². The summed E-state index contributed by atoms with van der Waals surface area (Å²) in [6, 6.07) is 11.8. The second-order valence-electron chi connectivity index (χ2n) is 5.47. The average molecular weight is 325 g/mol. The summed E-state index contributed by atoms with van der Waals surface area (Å²) in [5.74, 6) is 0.0872. The third-order valence-electron chi connectivity index (χ3n) is 4.11. The maximum atomic E-state index is 12.8. The molecule has 1 aromatic carbocycles. The van der Waals surface area contributed by atoms with E-state index < -0.39 is 0 Å². The molecule has 2 aromatic heterocycles. The molecule has 23 heavy (non-hydrogen) atoms. The quantitative estimate of drug-likeness (QED) is 0.743. The fourth-order valence-corrected chi connectivity index (χ4v) is 3.86. The maximum Gasteiger partial charge on any atom is 0.254 e. The van der Waals surface area contributed by atoms with Crippen molar-refractivity contribution in [2.75, 3.05) is 6.54 Å². The van der Waals surface area contributed by atoms with E-state index in [4.69, 9.17) is 0 Å². The summed E-state index contributed by atoms with van der Waals surface area (Å²) < 4.78 is 1.57. The second kappa shape index (κ2) is 5.92. The van der Waals surface area contributed by atoms with Crippen LogP contribution in [0.3, 0.4) is 0 Å². The molecule has 0 radical (unpaired) electrons. The van der Waals surface area contributed by atoms with Crippen molar-refractivity contribution >= 4 is 17.2 Å². The summed E-state index contributed by atoms with van der Waals surface area (Å²) in [4.78, 5) is 16.1. The van der Waals surface area contributed by atoms with Gasteiger partial charge in [-0.1, -0.05) is 6.07 Å². The lowest BCUT2D eigenvalue weighted by Crippen LogP contribution is -2.30. The van der Waals surface area contributed by atoms with Crippen LogP contribution in [-0.2, 0) is 0 Å². The molecule has 0 aliphatic carbocycles. The number of thiophene rings is 1. The van der Waals surface area contributed by atoms with Crippen LogP contribution in [0, 0.1) is 0 Å². The van der Waals surface area contributed by atoms with Crippen LogP contribution in [0.4, 0.5) is 0 Å². The van der Waals surface area contributed by atoms with Gasteiger partial charge in [-0.05, 0) is 59.0 Å². The monoisotopic (exact) mass is 325 g/mol. The fourth-order valence-electron chi connectivity index (χ4n) is 2.99. The topological polar surface area (TPSA) is 63.9 Å². The van der Waals surface area contributed by atoms with Gasteiger partial charge in [0.2, 0.25) is 0 Å². The minimum Gasteiger partial charge on any atom is -0.331 e. The Balaban J connectivity index is 1.56. The lowest BCUT2D eigenvalue weighted by molar-refractivity contribution is 0.0738. The number of hydrogen-bond donors (Lipinski definition) is 0. The molecule has 1 fully saturated rings. The summed E-state index contributed by atoms with van der Waals surface area (Å²) in [7, 11) is 0. The molecule has 1 aliphatic heterocycles. The Bertz CT molecular complexity index is 783. The molecule has 0 bridgehead atoms. The van der Waals surface area contributed by atoms with E-state index in [1.54, 1.807) is 16.0 Å². The normalized spacial score (nSPS) is 17.6. The first-order valence-electron chi connectivity index (χ1n) is 7.51.